The van der Waals surface area contributed by atoms with Crippen LogP contribution in [-0.4, -0.2) is 60.0 Å². The van der Waals surface area contributed by atoms with Gasteiger partial charge in [-0.05, 0) is 38.4 Å². The minimum Gasteiger partial charge on any atom is -0.455 e. The van der Waals surface area contributed by atoms with Crippen LogP contribution in [-0.2, 0) is 6.42 Å². The van der Waals surface area contributed by atoms with Gasteiger partial charge in [0.05, 0.1) is 5.71 Å². The Labute approximate surface area is 176 Å². The van der Waals surface area contributed by atoms with E-state index in [0.717, 1.165) is 61.5 Å². The minimum atomic E-state index is -0.249. The van der Waals surface area contributed by atoms with Gasteiger partial charge in [-0.15, -0.1) is 0 Å². The third-order valence-electron chi connectivity index (χ3n) is 5.96. The molecule has 2 amide bonds. The molecule has 2 aliphatic rings. The Morgan fingerprint density at radius 2 is 1.83 bits per heavy atom. The number of carbonyl (C=O) groups is 2. The highest BCUT2D eigenvalue weighted by Crippen LogP contribution is 2.30. The van der Waals surface area contributed by atoms with E-state index in [1.165, 1.54) is 0 Å². The zero-order valence-electron chi connectivity index (χ0n) is 17.6. The quantitative estimate of drug-likeness (QED) is 0.789. The van der Waals surface area contributed by atoms with Crippen molar-refractivity contribution in [3.8, 4) is 0 Å². The van der Waals surface area contributed by atoms with E-state index in [-0.39, 0.29) is 11.8 Å². The van der Waals surface area contributed by atoms with Gasteiger partial charge in [0.1, 0.15) is 5.76 Å². The molecule has 1 saturated heterocycles. The molecule has 0 saturated carbocycles. The summed E-state index contributed by atoms with van der Waals surface area (Å²) in [6.07, 6.45) is 2.40. The molecule has 158 valence electrons. The number of benzene rings is 1. The van der Waals surface area contributed by atoms with E-state index in [9.17, 15) is 9.59 Å². The normalized spacial score (nSPS) is 18.3. The molecule has 1 aliphatic heterocycles. The van der Waals surface area contributed by atoms with E-state index in [2.05, 4.69) is 22.4 Å². The molecular weight excluding hydrogens is 380 g/mol. The van der Waals surface area contributed by atoms with Crippen molar-refractivity contribution in [3.63, 3.8) is 0 Å². The molecule has 1 N–H and O–H groups in total. The molecule has 7 nitrogen and oxygen atoms in total. The highest BCUT2D eigenvalue weighted by molar-refractivity contribution is 6.07. The fourth-order valence-corrected chi connectivity index (χ4v) is 4.17. The van der Waals surface area contributed by atoms with Crippen LogP contribution in [0.1, 0.15) is 57.6 Å². The Morgan fingerprint density at radius 3 is 2.53 bits per heavy atom. The molecule has 2 heterocycles. The first-order valence-corrected chi connectivity index (χ1v) is 10.6. The summed E-state index contributed by atoms with van der Waals surface area (Å²) in [6, 6.07) is 9.00. The lowest BCUT2D eigenvalue weighted by atomic mass is 9.93. The number of likely N-dealkylation sites (N-methyl/N-ethyl adjacent to an activating group) is 1. The first-order valence-electron chi connectivity index (χ1n) is 10.6. The number of nitrogens with one attached hydrogen (secondary N) is 1. The van der Waals surface area contributed by atoms with Crippen LogP contribution in [0.25, 0.3) is 0 Å². The number of fused-ring (bicyclic) bond motifs is 1. The van der Waals surface area contributed by atoms with Crippen molar-refractivity contribution in [2.45, 2.75) is 33.1 Å². The van der Waals surface area contributed by atoms with Gasteiger partial charge in [0.25, 0.3) is 11.8 Å². The standard InChI is InChI=1S/C23H28N4O3/c1-3-26-12-14-27(15-13-26)23(29)21-16(2)20-18(10-7-11-19(20)30-21)24-25-22(28)17-8-5-4-6-9-17/h4-6,8-9H,3,7,10-15H2,1-2H3,(H,25,28)/b24-18+. The van der Waals surface area contributed by atoms with E-state index in [4.69, 9.17) is 4.42 Å². The number of carbonyl (C=O) groups excluding carboxylic acids is 2. The van der Waals surface area contributed by atoms with Gasteiger partial charge in [0.2, 0.25) is 0 Å². The lowest BCUT2D eigenvalue weighted by Crippen LogP contribution is -2.48. The van der Waals surface area contributed by atoms with E-state index in [1.807, 2.05) is 30.0 Å². The van der Waals surface area contributed by atoms with Gasteiger partial charge in [0, 0.05) is 49.3 Å². The molecule has 1 aliphatic carbocycles. The summed E-state index contributed by atoms with van der Waals surface area (Å²) in [4.78, 5) is 29.7. The van der Waals surface area contributed by atoms with Gasteiger partial charge in [-0.2, -0.15) is 5.10 Å². The highest BCUT2D eigenvalue weighted by Gasteiger charge is 2.31. The highest BCUT2D eigenvalue weighted by atomic mass is 16.4. The minimum absolute atomic E-state index is 0.0506. The lowest BCUT2D eigenvalue weighted by Gasteiger charge is -2.33. The van der Waals surface area contributed by atoms with Gasteiger partial charge < -0.3 is 14.2 Å². The Kier molecular flexibility index (Phi) is 5.99. The summed E-state index contributed by atoms with van der Waals surface area (Å²) in [5.74, 6) is 0.905. The van der Waals surface area contributed by atoms with Crippen LogP contribution >= 0.6 is 0 Å². The molecule has 0 spiro atoms. The molecule has 4 rings (SSSR count). The Bertz CT molecular complexity index is 956. The van der Waals surface area contributed by atoms with Crippen molar-refractivity contribution in [1.29, 1.82) is 0 Å². The molecule has 7 heteroatoms. The molecule has 0 radical (unpaired) electrons. The van der Waals surface area contributed by atoms with Crippen molar-refractivity contribution in [3.05, 3.63) is 58.5 Å². The third kappa shape index (κ3) is 4.03. The maximum Gasteiger partial charge on any atom is 0.289 e. The number of rotatable bonds is 4. The monoisotopic (exact) mass is 408 g/mol. The number of amides is 2. The van der Waals surface area contributed by atoms with Crippen LogP contribution in [0.2, 0.25) is 0 Å². The first kappa shape index (κ1) is 20.3. The van der Waals surface area contributed by atoms with Crippen LogP contribution in [0, 0.1) is 6.92 Å². The summed E-state index contributed by atoms with van der Waals surface area (Å²) in [7, 11) is 0. The zero-order valence-corrected chi connectivity index (χ0v) is 17.6. The fourth-order valence-electron chi connectivity index (χ4n) is 4.17. The topological polar surface area (TPSA) is 78.2 Å². The van der Waals surface area contributed by atoms with Crippen molar-refractivity contribution >= 4 is 17.5 Å². The summed E-state index contributed by atoms with van der Waals surface area (Å²) >= 11 is 0. The van der Waals surface area contributed by atoms with Crippen molar-refractivity contribution < 1.29 is 14.0 Å². The number of hydrogen-bond donors (Lipinski definition) is 1. The van der Waals surface area contributed by atoms with Gasteiger partial charge in [-0.1, -0.05) is 25.1 Å². The van der Waals surface area contributed by atoms with Crippen molar-refractivity contribution in [2.24, 2.45) is 5.10 Å². The molecule has 30 heavy (non-hydrogen) atoms. The predicted molar refractivity (Wildman–Crippen MR) is 115 cm³/mol. The van der Waals surface area contributed by atoms with Gasteiger partial charge in [0.15, 0.2) is 5.76 Å². The largest absolute Gasteiger partial charge is 0.455 e. The Balaban J connectivity index is 1.53. The molecular formula is C23H28N4O3. The summed E-state index contributed by atoms with van der Waals surface area (Å²) in [6.45, 7) is 8.26. The molecule has 1 aromatic carbocycles. The lowest BCUT2D eigenvalue weighted by molar-refractivity contribution is 0.0609. The zero-order chi connectivity index (χ0) is 21.1. The van der Waals surface area contributed by atoms with Crippen molar-refractivity contribution in [2.75, 3.05) is 32.7 Å². The second-order valence-corrected chi connectivity index (χ2v) is 7.80. The number of hydrogen-bond acceptors (Lipinski definition) is 5. The Morgan fingerprint density at radius 1 is 1.10 bits per heavy atom. The van der Waals surface area contributed by atoms with Gasteiger partial charge >= 0.3 is 0 Å². The number of furan rings is 1. The average molecular weight is 409 g/mol. The summed E-state index contributed by atoms with van der Waals surface area (Å²) in [5.41, 5.74) is 5.69. The maximum atomic E-state index is 13.1. The molecule has 1 fully saturated rings. The van der Waals surface area contributed by atoms with E-state index >= 15 is 0 Å². The first-order chi connectivity index (χ1) is 14.6. The maximum absolute atomic E-state index is 13.1. The van der Waals surface area contributed by atoms with Crippen LogP contribution in [0.4, 0.5) is 0 Å². The van der Waals surface area contributed by atoms with E-state index < -0.39 is 0 Å². The summed E-state index contributed by atoms with van der Waals surface area (Å²) in [5, 5.41) is 4.39. The molecule has 2 aromatic rings. The van der Waals surface area contributed by atoms with Crippen LogP contribution in [0.15, 0.2) is 39.9 Å². The van der Waals surface area contributed by atoms with Gasteiger partial charge in [-0.25, -0.2) is 5.43 Å². The second kappa shape index (κ2) is 8.83. The number of nitrogens with zero attached hydrogens (tertiary/aromatic N) is 3. The van der Waals surface area contributed by atoms with Crippen LogP contribution < -0.4 is 5.43 Å². The molecule has 0 atom stereocenters. The number of aryl methyl sites for hydroxylation is 1. The van der Waals surface area contributed by atoms with Crippen LogP contribution in [0.5, 0.6) is 0 Å². The smallest absolute Gasteiger partial charge is 0.289 e. The SMILES string of the molecule is CCN1CCN(C(=O)c2oc3c(c2C)/C(=N/NC(=O)c2ccccc2)CCC3)CC1. The van der Waals surface area contributed by atoms with E-state index in [1.54, 1.807) is 12.1 Å². The molecule has 0 bridgehead atoms. The Hall–Kier alpha value is -2.93. The fraction of sp³-hybridized carbons (Fsp3) is 0.435. The van der Waals surface area contributed by atoms with Crippen molar-refractivity contribution in [1.82, 2.24) is 15.2 Å². The third-order valence-corrected chi connectivity index (χ3v) is 5.96. The summed E-state index contributed by atoms with van der Waals surface area (Å²) < 4.78 is 6.03. The predicted octanol–water partition coefficient (Wildman–Crippen LogP) is 2.84. The average Bonchev–Trinajstić information content (AvgIpc) is 3.14. The number of hydrazone groups is 1. The number of piperazine rings is 1. The van der Waals surface area contributed by atoms with Crippen LogP contribution in [0.3, 0.4) is 0 Å². The van der Waals surface area contributed by atoms with E-state index in [0.29, 0.717) is 24.4 Å². The molecule has 1 aromatic heterocycles. The molecule has 0 unspecified atom stereocenters. The van der Waals surface area contributed by atoms with Gasteiger partial charge in [-0.3, -0.25) is 9.59 Å². The second-order valence-electron chi connectivity index (χ2n) is 7.80.